The van der Waals surface area contributed by atoms with Crippen LogP contribution >= 0.6 is 0 Å². The second-order valence-electron chi connectivity index (χ2n) is 6.12. The summed E-state index contributed by atoms with van der Waals surface area (Å²) in [4.78, 5) is 21.7. The van der Waals surface area contributed by atoms with Crippen molar-refractivity contribution in [2.45, 2.75) is 32.3 Å². The van der Waals surface area contributed by atoms with Crippen LogP contribution in [0.5, 0.6) is 0 Å². The predicted molar refractivity (Wildman–Crippen MR) is 81.3 cm³/mol. The summed E-state index contributed by atoms with van der Waals surface area (Å²) in [6, 6.07) is 0. The minimum atomic E-state index is -0.406. The maximum atomic E-state index is 12.3. The van der Waals surface area contributed by atoms with Crippen molar-refractivity contribution < 1.29 is 14.4 Å². The smallest absolute Gasteiger partial charge is 0.266 e. The Labute approximate surface area is 127 Å². The lowest BCUT2D eigenvalue weighted by Crippen LogP contribution is -2.43. The van der Waals surface area contributed by atoms with Crippen LogP contribution in [-0.2, 0) is 14.4 Å². The molecule has 0 spiro atoms. The lowest BCUT2D eigenvalue weighted by molar-refractivity contribution is -0.141. The standard InChI is InChI=1S/C15H27N3O3/c1-12-10-14(21-16-12)15(19)17(2)11-13-4-6-18(7-5-13)8-9-20-3/h13-14H,4-11H2,1-3H3/t14-/m1/s1. The van der Waals surface area contributed by atoms with Gasteiger partial charge in [-0.2, -0.15) is 0 Å². The van der Waals surface area contributed by atoms with Gasteiger partial charge in [-0.1, -0.05) is 5.16 Å². The number of carbonyl (C=O) groups is 1. The number of nitrogens with zero attached hydrogens (tertiary/aromatic N) is 3. The van der Waals surface area contributed by atoms with Crippen molar-refractivity contribution in [3.8, 4) is 0 Å². The van der Waals surface area contributed by atoms with Crippen molar-refractivity contribution in [1.29, 1.82) is 0 Å². The van der Waals surface area contributed by atoms with Crippen LogP contribution in [0.25, 0.3) is 0 Å². The Morgan fingerprint density at radius 3 is 2.76 bits per heavy atom. The zero-order valence-electron chi connectivity index (χ0n) is 13.4. The lowest BCUT2D eigenvalue weighted by atomic mass is 9.96. The maximum Gasteiger partial charge on any atom is 0.266 e. The van der Waals surface area contributed by atoms with Crippen molar-refractivity contribution >= 4 is 11.6 Å². The molecule has 6 heteroatoms. The molecule has 1 fully saturated rings. The van der Waals surface area contributed by atoms with E-state index in [0.29, 0.717) is 12.3 Å². The highest BCUT2D eigenvalue weighted by molar-refractivity contribution is 5.91. The largest absolute Gasteiger partial charge is 0.383 e. The molecular formula is C15H27N3O3. The van der Waals surface area contributed by atoms with Gasteiger partial charge in [-0.25, -0.2) is 0 Å². The Kier molecular flexibility index (Phi) is 5.99. The number of hydrogen-bond acceptors (Lipinski definition) is 5. The Bertz CT molecular complexity index is 378. The molecule has 1 saturated heterocycles. The molecule has 2 aliphatic heterocycles. The maximum absolute atomic E-state index is 12.3. The van der Waals surface area contributed by atoms with Crippen LogP contribution in [-0.4, -0.2) is 74.5 Å². The Morgan fingerprint density at radius 1 is 1.48 bits per heavy atom. The van der Waals surface area contributed by atoms with Crippen molar-refractivity contribution in [3.05, 3.63) is 0 Å². The summed E-state index contributed by atoms with van der Waals surface area (Å²) >= 11 is 0. The molecule has 0 radical (unpaired) electrons. The number of carbonyl (C=O) groups excluding carboxylic acids is 1. The monoisotopic (exact) mass is 297 g/mol. The molecule has 120 valence electrons. The van der Waals surface area contributed by atoms with Crippen molar-refractivity contribution in [2.75, 3.05) is 46.9 Å². The van der Waals surface area contributed by atoms with Crippen molar-refractivity contribution in [3.63, 3.8) is 0 Å². The zero-order valence-corrected chi connectivity index (χ0v) is 13.4. The third-order valence-corrected chi connectivity index (χ3v) is 4.32. The molecular weight excluding hydrogens is 270 g/mol. The summed E-state index contributed by atoms with van der Waals surface area (Å²) in [5.74, 6) is 0.638. The number of oxime groups is 1. The molecule has 0 aromatic carbocycles. The fraction of sp³-hybridized carbons (Fsp3) is 0.867. The molecule has 0 aromatic heterocycles. The number of rotatable bonds is 6. The second-order valence-corrected chi connectivity index (χ2v) is 6.12. The van der Waals surface area contributed by atoms with Crippen LogP contribution < -0.4 is 0 Å². The topological polar surface area (TPSA) is 54.4 Å². The number of likely N-dealkylation sites (tertiary alicyclic amines) is 1. The molecule has 2 heterocycles. The number of likely N-dealkylation sites (N-methyl/N-ethyl adjacent to an activating group) is 1. The zero-order chi connectivity index (χ0) is 15.2. The predicted octanol–water partition coefficient (Wildman–Crippen LogP) is 0.968. The normalized spacial score (nSPS) is 23.8. The van der Waals surface area contributed by atoms with E-state index in [1.165, 1.54) is 0 Å². The summed E-state index contributed by atoms with van der Waals surface area (Å²) in [6.45, 7) is 6.70. The van der Waals surface area contributed by atoms with E-state index in [2.05, 4.69) is 10.1 Å². The molecule has 0 N–H and O–H groups in total. The first-order valence-electron chi connectivity index (χ1n) is 7.75. The first-order chi connectivity index (χ1) is 10.1. The second kappa shape index (κ2) is 7.75. The van der Waals surface area contributed by atoms with Crippen LogP contribution in [0.3, 0.4) is 0 Å². The number of hydrogen-bond donors (Lipinski definition) is 0. The molecule has 0 aromatic rings. The van der Waals surface area contributed by atoms with E-state index in [1.54, 1.807) is 7.11 Å². The third kappa shape index (κ3) is 4.68. The van der Waals surface area contributed by atoms with Crippen LogP contribution in [0.2, 0.25) is 0 Å². The SMILES string of the molecule is COCCN1CCC(CN(C)C(=O)[C@H]2CC(C)=NO2)CC1. The Morgan fingerprint density at radius 2 is 2.19 bits per heavy atom. The highest BCUT2D eigenvalue weighted by Gasteiger charge is 2.30. The number of amides is 1. The minimum absolute atomic E-state index is 0.0532. The van der Waals surface area contributed by atoms with Gasteiger partial charge in [-0.05, 0) is 38.8 Å². The van der Waals surface area contributed by atoms with Gasteiger partial charge in [0.2, 0.25) is 6.10 Å². The van der Waals surface area contributed by atoms with Gasteiger partial charge in [-0.15, -0.1) is 0 Å². The van der Waals surface area contributed by atoms with Gasteiger partial charge in [0.05, 0.1) is 12.3 Å². The van der Waals surface area contributed by atoms with Crippen LogP contribution in [0.1, 0.15) is 26.2 Å². The van der Waals surface area contributed by atoms with Gasteiger partial charge in [-0.3, -0.25) is 4.79 Å². The quantitative estimate of drug-likeness (QED) is 0.733. The fourth-order valence-electron chi connectivity index (χ4n) is 2.96. The van der Waals surface area contributed by atoms with E-state index in [-0.39, 0.29) is 5.91 Å². The fourth-order valence-corrected chi connectivity index (χ4v) is 2.96. The molecule has 2 aliphatic rings. The molecule has 1 atom stereocenters. The Balaban J connectivity index is 1.69. The number of piperidine rings is 1. The number of methoxy groups -OCH3 is 1. The van der Waals surface area contributed by atoms with Crippen molar-refractivity contribution in [2.24, 2.45) is 11.1 Å². The molecule has 1 amide bonds. The summed E-state index contributed by atoms with van der Waals surface area (Å²) < 4.78 is 5.11. The average Bonchev–Trinajstić information content (AvgIpc) is 2.92. The summed E-state index contributed by atoms with van der Waals surface area (Å²) in [7, 11) is 3.61. The molecule has 21 heavy (non-hydrogen) atoms. The molecule has 0 unspecified atom stereocenters. The van der Waals surface area contributed by atoms with Gasteiger partial charge in [0, 0.05) is 33.7 Å². The first-order valence-corrected chi connectivity index (χ1v) is 7.75. The van der Waals surface area contributed by atoms with E-state index < -0.39 is 6.10 Å². The number of ether oxygens (including phenoxy) is 1. The molecule has 2 rings (SSSR count). The minimum Gasteiger partial charge on any atom is -0.383 e. The highest BCUT2D eigenvalue weighted by Crippen LogP contribution is 2.19. The molecule has 0 aliphatic carbocycles. The van der Waals surface area contributed by atoms with E-state index >= 15 is 0 Å². The van der Waals surface area contributed by atoms with Gasteiger partial charge in [0.25, 0.3) is 5.91 Å². The van der Waals surface area contributed by atoms with E-state index in [1.807, 2.05) is 18.9 Å². The van der Waals surface area contributed by atoms with Crippen molar-refractivity contribution in [1.82, 2.24) is 9.80 Å². The van der Waals surface area contributed by atoms with Gasteiger partial charge in [0.15, 0.2) is 0 Å². The van der Waals surface area contributed by atoms with Gasteiger partial charge < -0.3 is 19.4 Å². The first kappa shape index (κ1) is 16.2. The molecule has 0 bridgehead atoms. The van der Waals surface area contributed by atoms with E-state index in [9.17, 15) is 4.79 Å². The Hall–Kier alpha value is -1.14. The summed E-state index contributed by atoms with van der Waals surface area (Å²) in [6.07, 6.45) is 2.50. The van der Waals surface area contributed by atoms with Crippen LogP contribution in [0.15, 0.2) is 5.16 Å². The summed E-state index contributed by atoms with van der Waals surface area (Å²) in [5, 5.41) is 3.86. The van der Waals surface area contributed by atoms with Crippen LogP contribution in [0, 0.1) is 5.92 Å². The van der Waals surface area contributed by atoms with Crippen LogP contribution in [0.4, 0.5) is 0 Å². The lowest BCUT2D eigenvalue weighted by Gasteiger charge is -2.34. The van der Waals surface area contributed by atoms with E-state index in [0.717, 1.165) is 51.3 Å². The molecule has 6 nitrogen and oxygen atoms in total. The summed E-state index contributed by atoms with van der Waals surface area (Å²) in [5.41, 5.74) is 0.896. The molecule has 0 saturated carbocycles. The van der Waals surface area contributed by atoms with Gasteiger partial charge >= 0.3 is 0 Å². The van der Waals surface area contributed by atoms with Gasteiger partial charge in [0.1, 0.15) is 0 Å². The van der Waals surface area contributed by atoms with E-state index in [4.69, 9.17) is 9.57 Å². The third-order valence-electron chi connectivity index (χ3n) is 4.32. The average molecular weight is 297 g/mol. The highest BCUT2D eigenvalue weighted by atomic mass is 16.6.